The molecule has 178 valence electrons. The van der Waals surface area contributed by atoms with Gasteiger partial charge in [0.05, 0.1) is 23.7 Å². The summed E-state index contributed by atoms with van der Waals surface area (Å²) in [5.41, 5.74) is 1.81. The van der Waals surface area contributed by atoms with Crippen LogP contribution in [-0.4, -0.2) is 58.7 Å². The van der Waals surface area contributed by atoms with Gasteiger partial charge in [-0.15, -0.1) is 0 Å². The maximum atomic E-state index is 13.1. The highest BCUT2D eigenvalue weighted by molar-refractivity contribution is 7.89. The van der Waals surface area contributed by atoms with E-state index in [0.29, 0.717) is 32.0 Å². The van der Waals surface area contributed by atoms with E-state index in [2.05, 4.69) is 22.1 Å². The van der Waals surface area contributed by atoms with E-state index in [9.17, 15) is 13.2 Å². The summed E-state index contributed by atoms with van der Waals surface area (Å²) in [6.45, 7) is 6.91. The molecule has 3 N–H and O–H groups in total. The summed E-state index contributed by atoms with van der Waals surface area (Å²) in [4.78, 5) is 21.9. The van der Waals surface area contributed by atoms with Crippen LogP contribution in [0.25, 0.3) is 0 Å². The molecule has 9 nitrogen and oxygen atoms in total. The molecule has 2 aliphatic heterocycles. The van der Waals surface area contributed by atoms with Crippen LogP contribution in [0, 0.1) is 5.92 Å². The molecule has 4 rings (SSSR count). The largest absolute Gasteiger partial charge is 0.378 e. The first-order chi connectivity index (χ1) is 15.8. The maximum absolute atomic E-state index is 13.1. The van der Waals surface area contributed by atoms with Crippen LogP contribution in [0.15, 0.2) is 41.4 Å². The van der Waals surface area contributed by atoms with Crippen LogP contribution in [0.5, 0.6) is 0 Å². The van der Waals surface area contributed by atoms with Gasteiger partial charge in [-0.25, -0.2) is 18.5 Å². The predicted molar refractivity (Wildman–Crippen MR) is 127 cm³/mol. The quantitative estimate of drug-likeness (QED) is 0.656. The lowest BCUT2D eigenvalue weighted by molar-refractivity contribution is 0.0949. The number of primary sulfonamides is 1. The summed E-state index contributed by atoms with van der Waals surface area (Å²) in [6.07, 6.45) is 4.11. The number of nitrogens with zero attached hydrogens (tertiary/aromatic N) is 3. The van der Waals surface area contributed by atoms with Crippen LogP contribution in [-0.2, 0) is 21.3 Å². The number of hydrogen-bond donors (Lipinski definition) is 2. The van der Waals surface area contributed by atoms with Gasteiger partial charge in [0.1, 0.15) is 5.82 Å². The van der Waals surface area contributed by atoms with E-state index in [1.807, 2.05) is 17.0 Å². The van der Waals surface area contributed by atoms with Crippen molar-refractivity contribution in [2.75, 3.05) is 49.2 Å². The number of aromatic nitrogens is 1. The van der Waals surface area contributed by atoms with Gasteiger partial charge in [-0.1, -0.05) is 13.0 Å². The molecule has 0 unspecified atom stereocenters. The fraction of sp³-hybridized carbons (Fsp3) is 0.478. The number of carbonyl (C=O) groups excluding carboxylic acids is 1. The molecule has 1 aromatic heterocycles. The molecule has 2 aromatic rings. The number of pyridine rings is 1. The molecule has 0 saturated carbocycles. The monoisotopic (exact) mass is 473 g/mol. The van der Waals surface area contributed by atoms with Crippen molar-refractivity contribution in [3.63, 3.8) is 0 Å². The van der Waals surface area contributed by atoms with Gasteiger partial charge in [-0.2, -0.15) is 0 Å². The molecule has 33 heavy (non-hydrogen) atoms. The van der Waals surface area contributed by atoms with Gasteiger partial charge in [-0.05, 0) is 48.6 Å². The molecular formula is C23H31N5O4S. The highest BCUT2D eigenvalue weighted by Crippen LogP contribution is 2.25. The SMILES string of the molecule is CC1CCN(c2ccc(CNC(=O)c3cc(S(N)(=O)=O)ccc3N3CCOCC3)cn2)CC1. The third kappa shape index (κ3) is 5.82. The van der Waals surface area contributed by atoms with Crippen molar-refractivity contribution in [1.82, 2.24) is 10.3 Å². The minimum atomic E-state index is -3.93. The van der Waals surface area contributed by atoms with Gasteiger partial charge in [0.15, 0.2) is 0 Å². The van der Waals surface area contributed by atoms with E-state index in [1.54, 1.807) is 12.3 Å². The average molecular weight is 474 g/mol. The number of sulfonamides is 1. The molecule has 2 fully saturated rings. The van der Waals surface area contributed by atoms with Crippen LogP contribution < -0.4 is 20.3 Å². The standard InChI is InChI=1S/C23H31N5O4S/c1-17-6-8-28(9-7-17)22-5-2-18(15-25-22)16-26-23(29)20-14-19(33(24,30)31)3-4-21(20)27-10-12-32-13-11-27/h2-5,14-15,17H,6-13,16H2,1H3,(H,26,29)(H2,24,30,31). The molecule has 3 heterocycles. The first-order valence-electron chi connectivity index (χ1n) is 11.3. The zero-order chi connectivity index (χ0) is 23.4. The van der Waals surface area contributed by atoms with Crippen molar-refractivity contribution in [2.45, 2.75) is 31.2 Å². The Morgan fingerprint density at radius 2 is 1.85 bits per heavy atom. The lowest BCUT2D eigenvalue weighted by Crippen LogP contribution is -2.38. The number of ether oxygens (including phenoxy) is 1. The first kappa shape index (κ1) is 23.5. The van der Waals surface area contributed by atoms with Crippen LogP contribution in [0.4, 0.5) is 11.5 Å². The van der Waals surface area contributed by atoms with Crippen molar-refractivity contribution in [3.8, 4) is 0 Å². The Bertz CT molecular complexity index is 1080. The normalized spacial score (nSPS) is 17.8. The Balaban J connectivity index is 1.47. The van der Waals surface area contributed by atoms with E-state index in [0.717, 1.165) is 30.4 Å². The number of piperidine rings is 1. The molecule has 0 spiro atoms. The van der Waals surface area contributed by atoms with Crippen LogP contribution in [0.2, 0.25) is 0 Å². The third-order valence-corrected chi connectivity index (χ3v) is 7.17. The summed E-state index contributed by atoms with van der Waals surface area (Å²) in [5, 5.41) is 8.19. The lowest BCUT2D eigenvalue weighted by Gasteiger charge is -2.31. The molecule has 0 aliphatic carbocycles. The van der Waals surface area contributed by atoms with Crippen LogP contribution >= 0.6 is 0 Å². The summed E-state index contributed by atoms with van der Waals surface area (Å²) in [6, 6.07) is 8.35. The number of morpholine rings is 1. The Labute approximate surface area is 195 Å². The third-order valence-electron chi connectivity index (χ3n) is 6.26. The van der Waals surface area contributed by atoms with Crippen molar-refractivity contribution < 1.29 is 17.9 Å². The summed E-state index contributed by atoms with van der Waals surface area (Å²) < 4.78 is 29.1. The van der Waals surface area contributed by atoms with Gasteiger partial charge in [0.25, 0.3) is 5.91 Å². The number of benzene rings is 1. The van der Waals surface area contributed by atoms with Gasteiger partial charge in [-0.3, -0.25) is 4.79 Å². The Kier molecular flexibility index (Phi) is 7.16. The Morgan fingerprint density at radius 1 is 1.12 bits per heavy atom. The van der Waals surface area contributed by atoms with Gasteiger partial charge < -0.3 is 19.9 Å². The second-order valence-electron chi connectivity index (χ2n) is 8.70. The summed E-state index contributed by atoms with van der Waals surface area (Å²) in [7, 11) is -3.93. The average Bonchev–Trinajstić information content (AvgIpc) is 2.83. The number of nitrogens with one attached hydrogen (secondary N) is 1. The van der Waals surface area contributed by atoms with E-state index in [4.69, 9.17) is 9.88 Å². The zero-order valence-electron chi connectivity index (χ0n) is 18.9. The highest BCUT2D eigenvalue weighted by atomic mass is 32.2. The summed E-state index contributed by atoms with van der Waals surface area (Å²) >= 11 is 0. The van der Waals surface area contributed by atoms with Crippen molar-refractivity contribution in [3.05, 3.63) is 47.7 Å². The minimum absolute atomic E-state index is 0.0912. The smallest absolute Gasteiger partial charge is 0.253 e. The van der Waals surface area contributed by atoms with E-state index in [-0.39, 0.29) is 22.9 Å². The van der Waals surface area contributed by atoms with Crippen LogP contribution in [0.1, 0.15) is 35.7 Å². The number of rotatable bonds is 6. The second-order valence-corrected chi connectivity index (χ2v) is 10.3. The number of hydrogen-bond acceptors (Lipinski definition) is 7. The highest BCUT2D eigenvalue weighted by Gasteiger charge is 2.22. The maximum Gasteiger partial charge on any atom is 0.253 e. The van der Waals surface area contributed by atoms with E-state index in [1.165, 1.54) is 25.0 Å². The number of carbonyl (C=O) groups is 1. The molecule has 10 heteroatoms. The van der Waals surface area contributed by atoms with Crippen molar-refractivity contribution in [1.29, 1.82) is 0 Å². The molecule has 1 amide bonds. The molecule has 2 aliphatic rings. The van der Waals surface area contributed by atoms with Gasteiger partial charge in [0, 0.05) is 44.6 Å². The fourth-order valence-corrected chi connectivity index (χ4v) is 4.72. The molecule has 0 radical (unpaired) electrons. The zero-order valence-corrected chi connectivity index (χ0v) is 19.7. The second kappa shape index (κ2) is 10.1. The summed E-state index contributed by atoms with van der Waals surface area (Å²) in [5.74, 6) is 1.34. The van der Waals surface area contributed by atoms with Gasteiger partial charge in [0.2, 0.25) is 10.0 Å². The molecule has 0 bridgehead atoms. The van der Waals surface area contributed by atoms with E-state index >= 15 is 0 Å². The minimum Gasteiger partial charge on any atom is -0.378 e. The number of nitrogens with two attached hydrogens (primary N) is 1. The Hall–Kier alpha value is -2.69. The number of amides is 1. The molecule has 1 aromatic carbocycles. The van der Waals surface area contributed by atoms with E-state index < -0.39 is 10.0 Å². The van der Waals surface area contributed by atoms with Gasteiger partial charge >= 0.3 is 0 Å². The molecular weight excluding hydrogens is 442 g/mol. The lowest BCUT2D eigenvalue weighted by atomic mass is 9.99. The van der Waals surface area contributed by atoms with Crippen molar-refractivity contribution in [2.24, 2.45) is 11.1 Å². The first-order valence-corrected chi connectivity index (χ1v) is 12.8. The predicted octanol–water partition coefficient (Wildman–Crippen LogP) is 1.73. The molecule has 0 atom stereocenters. The number of anilines is 2. The molecule has 2 saturated heterocycles. The van der Waals surface area contributed by atoms with Crippen LogP contribution in [0.3, 0.4) is 0 Å². The van der Waals surface area contributed by atoms with Crippen molar-refractivity contribution >= 4 is 27.4 Å². The topological polar surface area (TPSA) is 118 Å². The fourth-order valence-electron chi connectivity index (χ4n) is 4.18. The Morgan fingerprint density at radius 3 is 2.48 bits per heavy atom.